The first-order valence-corrected chi connectivity index (χ1v) is 13.2. The molecule has 1 aliphatic heterocycles. The summed E-state index contributed by atoms with van der Waals surface area (Å²) < 4.78 is 22.0. The van der Waals surface area contributed by atoms with Gasteiger partial charge in [0.05, 0.1) is 6.04 Å². The van der Waals surface area contributed by atoms with Crippen LogP contribution < -0.4 is 14.2 Å². The molecule has 0 fully saturated rings. The molecule has 38 heavy (non-hydrogen) atoms. The molecule has 198 valence electrons. The van der Waals surface area contributed by atoms with E-state index in [1.165, 1.54) is 0 Å². The van der Waals surface area contributed by atoms with Crippen LogP contribution in [0.1, 0.15) is 34.8 Å². The summed E-state index contributed by atoms with van der Waals surface area (Å²) in [5.74, 6) is 2.03. The van der Waals surface area contributed by atoms with E-state index in [0.29, 0.717) is 18.8 Å². The molecule has 0 saturated carbocycles. The summed E-state index contributed by atoms with van der Waals surface area (Å²) in [5, 5.41) is 9.89. The standard InChI is InChI=1S/C28H30N4O5S/c1-18-23(30-37-29-18)15-31(3)14-22-12-20(21-8-10-25-26(13-21)36-17-35-25)7-9-24(22)34-16-28(33)32(4)19(2)27-6-5-11-38-27/h5-13,19H,14-17H2,1-4H3. The van der Waals surface area contributed by atoms with Gasteiger partial charge in [-0.25, -0.2) is 4.63 Å². The zero-order valence-corrected chi connectivity index (χ0v) is 22.7. The first-order chi connectivity index (χ1) is 18.4. The van der Waals surface area contributed by atoms with Crippen molar-refractivity contribution in [3.05, 3.63) is 75.7 Å². The molecule has 1 unspecified atom stereocenters. The zero-order chi connectivity index (χ0) is 26.6. The van der Waals surface area contributed by atoms with Crippen LogP contribution in [0.5, 0.6) is 17.2 Å². The third-order valence-corrected chi connectivity index (χ3v) is 7.70. The van der Waals surface area contributed by atoms with Crippen LogP contribution in [0.15, 0.2) is 58.5 Å². The van der Waals surface area contributed by atoms with Crippen LogP contribution >= 0.6 is 11.3 Å². The number of thiophene rings is 1. The van der Waals surface area contributed by atoms with Crippen molar-refractivity contribution in [3.8, 4) is 28.4 Å². The average Bonchev–Trinajstić information content (AvgIpc) is 3.69. The van der Waals surface area contributed by atoms with E-state index in [-0.39, 0.29) is 25.3 Å². The van der Waals surface area contributed by atoms with Crippen molar-refractivity contribution >= 4 is 17.2 Å². The van der Waals surface area contributed by atoms with Crippen LogP contribution in [0.4, 0.5) is 0 Å². The number of carbonyl (C=O) groups excluding carboxylic acids is 1. The van der Waals surface area contributed by atoms with Crippen LogP contribution in [-0.4, -0.2) is 53.5 Å². The minimum Gasteiger partial charge on any atom is -0.483 e. The second-order valence-electron chi connectivity index (χ2n) is 9.34. The number of rotatable bonds is 10. The highest BCUT2D eigenvalue weighted by Gasteiger charge is 2.20. The maximum Gasteiger partial charge on any atom is 0.260 e. The van der Waals surface area contributed by atoms with Gasteiger partial charge < -0.3 is 19.1 Å². The first kappa shape index (κ1) is 25.7. The SMILES string of the molecule is Cc1nonc1CN(C)Cc1cc(-c2ccc3c(c2)OCO3)ccc1OCC(=O)N(C)C(C)c1cccs1. The van der Waals surface area contributed by atoms with Gasteiger partial charge in [0.15, 0.2) is 18.1 Å². The van der Waals surface area contributed by atoms with Crippen LogP contribution in [0.3, 0.4) is 0 Å². The number of aromatic nitrogens is 2. The van der Waals surface area contributed by atoms with Crippen LogP contribution in [0.2, 0.25) is 0 Å². The summed E-state index contributed by atoms with van der Waals surface area (Å²) in [6, 6.07) is 15.9. The third kappa shape index (κ3) is 5.66. The normalized spacial score (nSPS) is 13.1. The molecule has 4 aromatic rings. The van der Waals surface area contributed by atoms with E-state index in [1.807, 2.05) is 75.8 Å². The lowest BCUT2D eigenvalue weighted by atomic mass is 10.0. The lowest BCUT2D eigenvalue weighted by molar-refractivity contribution is -0.133. The van der Waals surface area contributed by atoms with E-state index >= 15 is 0 Å². The van der Waals surface area contributed by atoms with Gasteiger partial charge >= 0.3 is 0 Å². The number of carbonyl (C=O) groups is 1. The summed E-state index contributed by atoms with van der Waals surface area (Å²) in [4.78, 5) is 17.9. The Morgan fingerprint density at radius 1 is 1.05 bits per heavy atom. The molecule has 1 atom stereocenters. The van der Waals surface area contributed by atoms with Gasteiger partial charge in [0, 0.05) is 30.6 Å². The van der Waals surface area contributed by atoms with E-state index < -0.39 is 0 Å². The van der Waals surface area contributed by atoms with Gasteiger partial charge in [0.2, 0.25) is 6.79 Å². The molecule has 5 rings (SSSR count). The van der Waals surface area contributed by atoms with Crippen molar-refractivity contribution in [2.45, 2.75) is 33.0 Å². The van der Waals surface area contributed by atoms with Crippen molar-refractivity contribution in [1.29, 1.82) is 0 Å². The highest BCUT2D eigenvalue weighted by Crippen LogP contribution is 2.37. The lowest BCUT2D eigenvalue weighted by Crippen LogP contribution is -2.33. The Morgan fingerprint density at radius 3 is 2.61 bits per heavy atom. The third-order valence-electron chi connectivity index (χ3n) is 6.65. The minimum atomic E-state index is -0.0886. The lowest BCUT2D eigenvalue weighted by Gasteiger charge is -2.25. The van der Waals surface area contributed by atoms with Crippen LogP contribution in [0, 0.1) is 6.92 Å². The monoisotopic (exact) mass is 534 g/mol. The van der Waals surface area contributed by atoms with E-state index in [1.54, 1.807) is 16.2 Å². The van der Waals surface area contributed by atoms with Gasteiger partial charge in [-0.3, -0.25) is 9.69 Å². The predicted octanol–water partition coefficient (Wildman–Crippen LogP) is 5.07. The number of benzene rings is 2. The van der Waals surface area contributed by atoms with Gasteiger partial charge in [0.25, 0.3) is 5.91 Å². The number of hydrogen-bond acceptors (Lipinski definition) is 9. The van der Waals surface area contributed by atoms with E-state index in [2.05, 4.69) is 21.3 Å². The van der Waals surface area contributed by atoms with E-state index in [9.17, 15) is 4.79 Å². The summed E-state index contributed by atoms with van der Waals surface area (Å²) in [7, 11) is 3.80. The molecule has 9 nitrogen and oxygen atoms in total. The number of fused-ring (bicyclic) bond motifs is 1. The maximum atomic E-state index is 13.0. The molecule has 0 N–H and O–H groups in total. The molecule has 0 spiro atoms. The van der Waals surface area contributed by atoms with Gasteiger partial charge in [-0.05, 0) is 67.7 Å². The van der Waals surface area contributed by atoms with E-state index in [0.717, 1.165) is 44.5 Å². The Hall–Kier alpha value is -3.89. The fourth-order valence-electron chi connectivity index (χ4n) is 4.27. The topological polar surface area (TPSA) is 90.2 Å². The second kappa shape index (κ2) is 11.2. The molecular weight excluding hydrogens is 504 g/mol. The Labute approximate surface area is 225 Å². The molecule has 2 aromatic carbocycles. The smallest absolute Gasteiger partial charge is 0.260 e. The summed E-state index contributed by atoms with van der Waals surface area (Å²) in [5.41, 5.74) is 4.49. The molecular formula is C28H30N4O5S. The highest BCUT2D eigenvalue weighted by atomic mass is 32.1. The molecule has 10 heteroatoms. The van der Waals surface area contributed by atoms with Crippen molar-refractivity contribution in [2.75, 3.05) is 27.5 Å². The first-order valence-electron chi connectivity index (χ1n) is 12.3. The number of aryl methyl sites for hydroxylation is 1. The number of likely N-dealkylation sites (N-methyl/N-ethyl adjacent to an activating group) is 1. The van der Waals surface area contributed by atoms with Crippen molar-refractivity contribution in [1.82, 2.24) is 20.1 Å². The molecule has 1 amide bonds. The zero-order valence-electron chi connectivity index (χ0n) is 21.8. The molecule has 0 saturated heterocycles. The Bertz CT molecular complexity index is 1400. The fourth-order valence-corrected chi connectivity index (χ4v) is 5.10. The van der Waals surface area contributed by atoms with Crippen LogP contribution in [0.25, 0.3) is 11.1 Å². The molecule has 0 aliphatic carbocycles. The van der Waals surface area contributed by atoms with Crippen LogP contribution in [-0.2, 0) is 17.9 Å². The second-order valence-corrected chi connectivity index (χ2v) is 10.3. The van der Waals surface area contributed by atoms with Crippen molar-refractivity contribution in [2.24, 2.45) is 0 Å². The molecule has 2 aromatic heterocycles. The Morgan fingerprint density at radius 2 is 1.84 bits per heavy atom. The fraction of sp³-hybridized carbons (Fsp3) is 0.321. The maximum absolute atomic E-state index is 13.0. The molecule has 3 heterocycles. The minimum absolute atomic E-state index is 0.0237. The predicted molar refractivity (Wildman–Crippen MR) is 143 cm³/mol. The largest absolute Gasteiger partial charge is 0.483 e. The van der Waals surface area contributed by atoms with Crippen molar-refractivity contribution < 1.29 is 23.6 Å². The molecule has 1 aliphatic rings. The Kier molecular flexibility index (Phi) is 7.62. The molecule has 0 bridgehead atoms. The Balaban J connectivity index is 1.35. The van der Waals surface area contributed by atoms with Gasteiger partial charge in [-0.15, -0.1) is 11.3 Å². The van der Waals surface area contributed by atoms with Gasteiger partial charge in [-0.2, -0.15) is 0 Å². The number of amides is 1. The van der Waals surface area contributed by atoms with Gasteiger partial charge in [0.1, 0.15) is 17.1 Å². The number of nitrogens with zero attached hydrogens (tertiary/aromatic N) is 4. The van der Waals surface area contributed by atoms with Gasteiger partial charge in [-0.1, -0.05) is 28.5 Å². The highest BCUT2D eigenvalue weighted by molar-refractivity contribution is 7.10. The molecule has 0 radical (unpaired) electrons. The summed E-state index contributed by atoms with van der Waals surface area (Å²) in [6.45, 7) is 5.18. The number of ether oxygens (including phenoxy) is 3. The summed E-state index contributed by atoms with van der Waals surface area (Å²) >= 11 is 1.64. The summed E-state index contributed by atoms with van der Waals surface area (Å²) in [6.07, 6.45) is 0. The number of hydrogen-bond donors (Lipinski definition) is 0. The van der Waals surface area contributed by atoms with Crippen molar-refractivity contribution in [3.63, 3.8) is 0 Å². The van der Waals surface area contributed by atoms with E-state index in [4.69, 9.17) is 18.8 Å². The quantitative estimate of drug-likeness (QED) is 0.279. The average molecular weight is 535 g/mol.